The zero-order chi connectivity index (χ0) is 24.6. The van der Waals surface area contributed by atoms with Gasteiger partial charge in [0.15, 0.2) is 0 Å². The highest BCUT2D eigenvalue weighted by atomic mass is 35.5. The van der Waals surface area contributed by atoms with Crippen molar-refractivity contribution in [3.05, 3.63) is 87.9 Å². The van der Waals surface area contributed by atoms with Gasteiger partial charge in [-0.05, 0) is 67.1 Å². The molecule has 0 amide bonds. The first-order valence-corrected chi connectivity index (χ1v) is 12.5. The first-order valence-electron chi connectivity index (χ1n) is 10.5. The number of imidazole rings is 1. The Labute approximate surface area is 212 Å². The van der Waals surface area contributed by atoms with E-state index in [1.165, 1.54) is 17.8 Å². The first-order chi connectivity index (χ1) is 16.1. The van der Waals surface area contributed by atoms with E-state index in [-0.39, 0.29) is 12.3 Å². The summed E-state index contributed by atoms with van der Waals surface area (Å²) in [5, 5.41) is 20.8. The summed E-state index contributed by atoms with van der Waals surface area (Å²) < 4.78 is 17.1. The summed E-state index contributed by atoms with van der Waals surface area (Å²) >= 11 is 14.4. The predicted octanol–water partition coefficient (Wildman–Crippen LogP) is 7.09. The molecule has 0 atom stereocenters. The van der Waals surface area contributed by atoms with Gasteiger partial charge in [0.1, 0.15) is 17.2 Å². The molecule has 0 aliphatic rings. The van der Waals surface area contributed by atoms with Crippen molar-refractivity contribution in [2.75, 3.05) is 6.26 Å². The number of halogens is 3. The molecule has 8 heteroatoms. The van der Waals surface area contributed by atoms with Crippen molar-refractivity contribution in [2.24, 2.45) is 0 Å². The van der Waals surface area contributed by atoms with Crippen molar-refractivity contribution in [3.63, 3.8) is 0 Å². The fraction of sp³-hybridized carbons (Fsp3) is 0.192. The number of hydrogen-bond donors (Lipinski definition) is 2. The molecule has 0 saturated carbocycles. The van der Waals surface area contributed by atoms with Crippen LogP contribution >= 0.6 is 35.0 Å². The summed E-state index contributed by atoms with van der Waals surface area (Å²) in [5.74, 6) is -0.144. The van der Waals surface area contributed by atoms with Crippen LogP contribution in [0.1, 0.15) is 25.1 Å². The molecule has 1 aromatic heterocycles. The lowest BCUT2D eigenvalue weighted by molar-refractivity contribution is 0.0743. The Kier molecular flexibility index (Phi) is 7.08. The van der Waals surface area contributed by atoms with Crippen molar-refractivity contribution >= 4 is 35.0 Å². The van der Waals surface area contributed by atoms with Crippen molar-refractivity contribution in [3.8, 4) is 28.2 Å². The molecule has 4 nitrogen and oxygen atoms in total. The van der Waals surface area contributed by atoms with Crippen LogP contribution in [0, 0.1) is 5.82 Å². The SMILES string of the molecule is CSc1cc(-c2ccc(-n3cc(C(C)(C)O)nc3-c3c(Cl)cccc3Cl)c(F)c2)ccc1CO. The second-order valence-electron chi connectivity index (χ2n) is 8.33. The van der Waals surface area contributed by atoms with Crippen LogP contribution in [0.15, 0.2) is 65.7 Å². The van der Waals surface area contributed by atoms with E-state index in [2.05, 4.69) is 4.98 Å². The van der Waals surface area contributed by atoms with Gasteiger partial charge in [-0.2, -0.15) is 0 Å². The largest absolute Gasteiger partial charge is 0.392 e. The van der Waals surface area contributed by atoms with Gasteiger partial charge in [0, 0.05) is 11.1 Å². The number of aliphatic hydroxyl groups is 2. The highest BCUT2D eigenvalue weighted by molar-refractivity contribution is 7.98. The number of rotatable bonds is 6. The van der Waals surface area contributed by atoms with Gasteiger partial charge in [0.2, 0.25) is 0 Å². The summed E-state index contributed by atoms with van der Waals surface area (Å²) in [4.78, 5) is 5.50. The zero-order valence-electron chi connectivity index (χ0n) is 18.8. The first kappa shape index (κ1) is 24.8. The molecule has 176 valence electrons. The Morgan fingerprint density at radius 3 is 2.26 bits per heavy atom. The van der Waals surface area contributed by atoms with Crippen LogP contribution in [0.3, 0.4) is 0 Å². The van der Waals surface area contributed by atoms with Gasteiger partial charge in [-0.25, -0.2) is 9.37 Å². The molecule has 3 aromatic carbocycles. The molecule has 2 N–H and O–H groups in total. The number of aliphatic hydroxyl groups excluding tert-OH is 1. The van der Waals surface area contributed by atoms with Crippen LogP contribution in [-0.4, -0.2) is 26.0 Å². The van der Waals surface area contributed by atoms with Crippen LogP contribution in [0.2, 0.25) is 10.0 Å². The number of nitrogens with zero attached hydrogens (tertiary/aromatic N) is 2. The highest BCUT2D eigenvalue weighted by Gasteiger charge is 2.26. The minimum atomic E-state index is -1.26. The molecule has 0 spiro atoms. The van der Waals surface area contributed by atoms with E-state index >= 15 is 4.39 Å². The maximum Gasteiger partial charge on any atom is 0.148 e. The molecule has 0 unspecified atom stereocenters. The summed E-state index contributed by atoms with van der Waals surface area (Å²) in [5.41, 5.74) is 2.15. The Morgan fingerprint density at radius 1 is 1.03 bits per heavy atom. The molecular formula is C26H23Cl2FN2O2S. The number of benzene rings is 3. The van der Waals surface area contributed by atoms with Crippen LogP contribution in [-0.2, 0) is 12.2 Å². The van der Waals surface area contributed by atoms with Gasteiger partial charge in [-0.3, -0.25) is 4.57 Å². The van der Waals surface area contributed by atoms with Crippen molar-refractivity contribution in [2.45, 2.75) is 31.0 Å². The zero-order valence-corrected chi connectivity index (χ0v) is 21.1. The van der Waals surface area contributed by atoms with Crippen LogP contribution in [0.5, 0.6) is 0 Å². The molecule has 1 heterocycles. The smallest absolute Gasteiger partial charge is 0.148 e. The Hall–Kier alpha value is -2.35. The minimum Gasteiger partial charge on any atom is -0.392 e. The highest BCUT2D eigenvalue weighted by Crippen LogP contribution is 2.38. The molecule has 0 aliphatic carbocycles. The van der Waals surface area contributed by atoms with Gasteiger partial charge in [0.05, 0.1) is 33.6 Å². The van der Waals surface area contributed by atoms with E-state index in [1.54, 1.807) is 48.9 Å². The van der Waals surface area contributed by atoms with Gasteiger partial charge in [-0.1, -0.05) is 47.5 Å². The van der Waals surface area contributed by atoms with Crippen molar-refractivity contribution in [1.82, 2.24) is 9.55 Å². The third-order valence-electron chi connectivity index (χ3n) is 5.52. The monoisotopic (exact) mass is 516 g/mol. The number of thioether (sulfide) groups is 1. The lowest BCUT2D eigenvalue weighted by atomic mass is 10.0. The third kappa shape index (κ3) is 4.74. The van der Waals surface area contributed by atoms with E-state index in [0.717, 1.165) is 16.0 Å². The molecular weight excluding hydrogens is 494 g/mol. The second-order valence-corrected chi connectivity index (χ2v) is 9.99. The van der Waals surface area contributed by atoms with E-state index < -0.39 is 11.4 Å². The van der Waals surface area contributed by atoms with Gasteiger partial charge >= 0.3 is 0 Å². The molecule has 0 aliphatic heterocycles. The summed E-state index contributed by atoms with van der Waals surface area (Å²) in [6.45, 7) is 3.16. The van der Waals surface area contributed by atoms with Crippen LogP contribution in [0.25, 0.3) is 28.2 Å². The quantitative estimate of drug-likeness (QED) is 0.268. The standard InChI is InChI=1S/C26H23Cl2FN2O2S/c1-26(2,33)23-13-31(25(30-23)24-18(27)5-4-6-19(24)28)21-10-9-15(11-20(21)29)16-7-8-17(14-32)22(12-16)34-3/h4-13,32-33H,14H2,1-3H3. The predicted molar refractivity (Wildman–Crippen MR) is 137 cm³/mol. The Morgan fingerprint density at radius 2 is 1.68 bits per heavy atom. The van der Waals surface area contributed by atoms with Crippen molar-refractivity contribution in [1.29, 1.82) is 0 Å². The number of hydrogen-bond acceptors (Lipinski definition) is 4. The Balaban J connectivity index is 1.86. The second kappa shape index (κ2) is 9.72. The van der Waals surface area contributed by atoms with Gasteiger partial charge in [0.25, 0.3) is 0 Å². The lowest BCUT2D eigenvalue weighted by Gasteiger charge is -2.13. The summed E-state index contributed by atoms with van der Waals surface area (Å²) in [7, 11) is 0. The maximum atomic E-state index is 15.5. The molecule has 4 rings (SSSR count). The van der Waals surface area contributed by atoms with Crippen LogP contribution < -0.4 is 0 Å². The molecule has 0 radical (unpaired) electrons. The molecule has 4 aromatic rings. The average molecular weight is 517 g/mol. The summed E-state index contributed by atoms with van der Waals surface area (Å²) in [6.07, 6.45) is 3.53. The topological polar surface area (TPSA) is 58.3 Å². The van der Waals surface area contributed by atoms with Gasteiger partial charge < -0.3 is 10.2 Å². The number of aromatic nitrogens is 2. The lowest BCUT2D eigenvalue weighted by Crippen LogP contribution is -2.15. The fourth-order valence-electron chi connectivity index (χ4n) is 3.68. The van der Waals surface area contributed by atoms with E-state index in [0.29, 0.717) is 32.7 Å². The molecule has 0 saturated heterocycles. The normalized spacial score (nSPS) is 11.8. The molecule has 34 heavy (non-hydrogen) atoms. The van der Waals surface area contributed by atoms with Crippen LogP contribution in [0.4, 0.5) is 4.39 Å². The van der Waals surface area contributed by atoms with Gasteiger partial charge in [-0.15, -0.1) is 11.8 Å². The Bertz CT molecular complexity index is 1350. The minimum absolute atomic E-state index is 0.0543. The van der Waals surface area contributed by atoms with E-state index in [9.17, 15) is 10.2 Å². The maximum absolute atomic E-state index is 15.5. The summed E-state index contributed by atoms with van der Waals surface area (Å²) in [6, 6.07) is 15.7. The molecule has 0 bridgehead atoms. The third-order valence-corrected chi connectivity index (χ3v) is 6.97. The average Bonchev–Trinajstić information content (AvgIpc) is 3.23. The van der Waals surface area contributed by atoms with E-state index in [1.807, 2.05) is 30.5 Å². The van der Waals surface area contributed by atoms with Crippen molar-refractivity contribution < 1.29 is 14.6 Å². The molecule has 0 fully saturated rings. The fourth-order valence-corrected chi connectivity index (χ4v) is 4.89. The van der Waals surface area contributed by atoms with E-state index in [4.69, 9.17) is 23.2 Å².